The van der Waals surface area contributed by atoms with E-state index in [0.717, 1.165) is 19.4 Å². The smallest absolute Gasteiger partial charge is 0.352 e. The predicted octanol–water partition coefficient (Wildman–Crippen LogP) is 1.20. The summed E-state index contributed by atoms with van der Waals surface area (Å²) in [6.07, 6.45) is -3.98. The average molecular weight is 224 g/mol. The van der Waals surface area contributed by atoms with Crippen molar-refractivity contribution in [2.45, 2.75) is 37.9 Å². The number of hydrogen-bond donors (Lipinski definition) is 2. The number of halogens is 3. The first kappa shape index (κ1) is 12.3. The van der Waals surface area contributed by atoms with Crippen molar-refractivity contribution in [3.8, 4) is 0 Å². The molecule has 0 bridgehead atoms. The molecule has 0 aromatic rings. The van der Waals surface area contributed by atoms with Crippen molar-refractivity contribution in [1.29, 1.82) is 0 Å². The minimum atomic E-state index is -4.25. The molecule has 1 fully saturated rings. The Hall–Kier alpha value is -0.780. The van der Waals surface area contributed by atoms with Gasteiger partial charge >= 0.3 is 6.18 Å². The third-order valence-electron chi connectivity index (χ3n) is 2.30. The lowest BCUT2D eigenvalue weighted by Crippen LogP contribution is -2.45. The maximum atomic E-state index is 11.8. The van der Waals surface area contributed by atoms with E-state index in [9.17, 15) is 18.0 Å². The lowest BCUT2D eigenvalue weighted by atomic mass is 10.1. The van der Waals surface area contributed by atoms with Crippen molar-refractivity contribution in [2.24, 2.45) is 0 Å². The van der Waals surface area contributed by atoms with Gasteiger partial charge in [-0.3, -0.25) is 4.79 Å². The van der Waals surface area contributed by atoms with Crippen molar-refractivity contribution in [3.05, 3.63) is 0 Å². The lowest BCUT2D eigenvalue weighted by Gasteiger charge is -2.23. The van der Waals surface area contributed by atoms with Gasteiger partial charge in [0.1, 0.15) is 0 Å². The zero-order valence-electron chi connectivity index (χ0n) is 8.36. The minimum Gasteiger partial charge on any atom is -0.352 e. The lowest BCUT2D eigenvalue weighted by molar-refractivity contribution is -0.144. The van der Waals surface area contributed by atoms with Gasteiger partial charge in [-0.1, -0.05) is 0 Å². The van der Waals surface area contributed by atoms with Crippen LogP contribution in [0.2, 0.25) is 0 Å². The van der Waals surface area contributed by atoms with Crippen LogP contribution in [0.1, 0.15) is 25.7 Å². The van der Waals surface area contributed by atoms with Crippen LogP contribution in [0.25, 0.3) is 0 Å². The molecule has 15 heavy (non-hydrogen) atoms. The van der Waals surface area contributed by atoms with Crippen molar-refractivity contribution < 1.29 is 18.0 Å². The van der Waals surface area contributed by atoms with E-state index in [4.69, 9.17) is 0 Å². The largest absolute Gasteiger partial charge is 0.389 e. The number of alkyl halides is 3. The molecule has 88 valence electrons. The third-order valence-corrected chi connectivity index (χ3v) is 2.30. The standard InChI is InChI=1S/C9H15F3N2O/c10-9(11,12)4-3-8(15)14-7-2-1-5-13-6-7/h7,13H,1-6H2,(H,14,15)/t7-/m0/s1. The topological polar surface area (TPSA) is 41.1 Å². The SMILES string of the molecule is O=C(CCC(F)(F)F)N[C@H]1CCCNC1. The molecule has 0 radical (unpaired) electrons. The zero-order chi connectivity index (χ0) is 11.3. The van der Waals surface area contributed by atoms with E-state index in [2.05, 4.69) is 10.6 Å². The van der Waals surface area contributed by atoms with Gasteiger partial charge in [0.05, 0.1) is 6.42 Å². The molecule has 0 spiro atoms. The van der Waals surface area contributed by atoms with Gasteiger partial charge < -0.3 is 10.6 Å². The van der Waals surface area contributed by atoms with Gasteiger partial charge in [0.2, 0.25) is 5.91 Å². The van der Waals surface area contributed by atoms with Crippen LogP contribution in [-0.4, -0.2) is 31.2 Å². The second kappa shape index (κ2) is 5.34. The van der Waals surface area contributed by atoms with Gasteiger partial charge in [-0.15, -0.1) is 0 Å². The number of piperidine rings is 1. The first-order valence-corrected chi connectivity index (χ1v) is 5.04. The summed E-state index contributed by atoms with van der Waals surface area (Å²) in [7, 11) is 0. The highest BCUT2D eigenvalue weighted by atomic mass is 19.4. The van der Waals surface area contributed by atoms with E-state index >= 15 is 0 Å². The molecule has 1 aliphatic heterocycles. The fourth-order valence-electron chi connectivity index (χ4n) is 1.53. The summed E-state index contributed by atoms with van der Waals surface area (Å²) >= 11 is 0. The molecule has 2 N–H and O–H groups in total. The average Bonchev–Trinajstić information content (AvgIpc) is 2.15. The molecular weight excluding hydrogens is 209 g/mol. The fraction of sp³-hybridized carbons (Fsp3) is 0.889. The van der Waals surface area contributed by atoms with Crippen molar-refractivity contribution in [3.63, 3.8) is 0 Å². The van der Waals surface area contributed by atoms with Crippen LogP contribution in [0.4, 0.5) is 13.2 Å². The Morgan fingerprint density at radius 2 is 2.20 bits per heavy atom. The van der Waals surface area contributed by atoms with Crippen molar-refractivity contribution in [2.75, 3.05) is 13.1 Å². The van der Waals surface area contributed by atoms with Gasteiger partial charge in [-0.05, 0) is 19.4 Å². The number of carbonyl (C=O) groups is 1. The Kier molecular flexibility index (Phi) is 4.38. The van der Waals surface area contributed by atoms with E-state index in [-0.39, 0.29) is 6.04 Å². The van der Waals surface area contributed by atoms with Crippen LogP contribution < -0.4 is 10.6 Å². The molecule has 0 aromatic heterocycles. The van der Waals surface area contributed by atoms with Crippen molar-refractivity contribution in [1.82, 2.24) is 10.6 Å². The highest BCUT2D eigenvalue weighted by Crippen LogP contribution is 2.21. The molecule has 1 rings (SSSR count). The molecule has 1 saturated heterocycles. The second-order valence-electron chi connectivity index (χ2n) is 3.73. The van der Waals surface area contributed by atoms with Crippen LogP contribution in [0.15, 0.2) is 0 Å². The molecule has 0 aromatic carbocycles. The van der Waals surface area contributed by atoms with Gasteiger partial charge in [-0.2, -0.15) is 13.2 Å². The summed E-state index contributed by atoms with van der Waals surface area (Å²) in [5.74, 6) is -0.513. The summed E-state index contributed by atoms with van der Waals surface area (Å²) in [6, 6.07) is -0.0144. The Balaban J connectivity index is 2.17. The van der Waals surface area contributed by atoms with E-state index in [1.165, 1.54) is 0 Å². The Labute approximate surface area is 86.4 Å². The summed E-state index contributed by atoms with van der Waals surface area (Å²) in [4.78, 5) is 11.1. The Morgan fingerprint density at radius 1 is 1.47 bits per heavy atom. The van der Waals surface area contributed by atoms with Crippen LogP contribution in [0.5, 0.6) is 0 Å². The summed E-state index contributed by atoms with van der Waals surface area (Å²) < 4.78 is 35.4. The monoisotopic (exact) mass is 224 g/mol. The molecule has 0 unspecified atom stereocenters. The van der Waals surface area contributed by atoms with Crippen LogP contribution in [-0.2, 0) is 4.79 Å². The van der Waals surface area contributed by atoms with E-state index in [0.29, 0.717) is 6.54 Å². The summed E-state index contributed by atoms with van der Waals surface area (Å²) in [5.41, 5.74) is 0. The molecule has 0 saturated carbocycles. The van der Waals surface area contributed by atoms with Gasteiger partial charge in [-0.25, -0.2) is 0 Å². The quantitative estimate of drug-likeness (QED) is 0.756. The van der Waals surface area contributed by atoms with Crippen molar-refractivity contribution >= 4 is 5.91 Å². The summed E-state index contributed by atoms with van der Waals surface area (Å²) in [6.45, 7) is 1.56. The molecular formula is C9H15F3N2O. The highest BCUT2D eigenvalue weighted by Gasteiger charge is 2.28. The molecule has 3 nitrogen and oxygen atoms in total. The molecule has 1 heterocycles. The Bertz CT molecular complexity index is 212. The summed E-state index contributed by atoms with van der Waals surface area (Å²) in [5, 5.41) is 5.67. The normalized spacial score (nSPS) is 22.5. The number of nitrogens with one attached hydrogen (secondary N) is 2. The first-order valence-electron chi connectivity index (χ1n) is 5.04. The van der Waals surface area contributed by atoms with Crippen LogP contribution in [0, 0.1) is 0 Å². The van der Waals surface area contributed by atoms with Crippen LogP contribution in [0.3, 0.4) is 0 Å². The zero-order valence-corrected chi connectivity index (χ0v) is 8.36. The third kappa shape index (κ3) is 5.61. The predicted molar refractivity (Wildman–Crippen MR) is 49.3 cm³/mol. The minimum absolute atomic E-state index is 0.0144. The van der Waals surface area contributed by atoms with E-state index in [1.54, 1.807) is 0 Å². The maximum absolute atomic E-state index is 11.8. The number of carbonyl (C=O) groups excluding carboxylic acids is 1. The van der Waals surface area contributed by atoms with Crippen LogP contribution >= 0.6 is 0 Å². The first-order chi connectivity index (χ1) is 6.97. The number of amides is 1. The molecule has 1 atom stereocenters. The molecule has 0 aliphatic carbocycles. The second-order valence-corrected chi connectivity index (χ2v) is 3.73. The molecule has 1 aliphatic rings. The van der Waals surface area contributed by atoms with E-state index < -0.39 is 24.9 Å². The number of hydrogen-bond acceptors (Lipinski definition) is 2. The highest BCUT2D eigenvalue weighted by molar-refractivity contribution is 5.76. The van der Waals surface area contributed by atoms with Gasteiger partial charge in [0.25, 0.3) is 0 Å². The van der Waals surface area contributed by atoms with Gasteiger partial charge in [0.15, 0.2) is 0 Å². The van der Waals surface area contributed by atoms with E-state index in [1.807, 2.05) is 0 Å². The number of rotatable bonds is 3. The fourth-order valence-corrected chi connectivity index (χ4v) is 1.53. The molecule has 1 amide bonds. The molecule has 6 heteroatoms. The maximum Gasteiger partial charge on any atom is 0.389 e. The Morgan fingerprint density at radius 3 is 2.73 bits per heavy atom. The van der Waals surface area contributed by atoms with Gasteiger partial charge in [0, 0.05) is 19.0 Å².